The van der Waals surface area contributed by atoms with Gasteiger partial charge >= 0.3 is 0 Å². The standard InChI is InChI=1S/C15H24N2OS.ClH/c1-19-14-9-7-13(8-10-14)12-17-15(18)6-4-2-3-5-11-16;/h7-10H,2-6,11-12,16H2,1H3,(H,17,18);1H. The molecule has 0 saturated heterocycles. The van der Waals surface area contributed by atoms with Gasteiger partial charge < -0.3 is 11.1 Å². The summed E-state index contributed by atoms with van der Waals surface area (Å²) in [6.45, 7) is 1.37. The molecule has 20 heavy (non-hydrogen) atoms. The van der Waals surface area contributed by atoms with Gasteiger partial charge in [0.2, 0.25) is 5.91 Å². The van der Waals surface area contributed by atoms with Crippen LogP contribution in [0.2, 0.25) is 0 Å². The van der Waals surface area contributed by atoms with E-state index in [9.17, 15) is 4.79 Å². The van der Waals surface area contributed by atoms with Gasteiger partial charge in [-0.3, -0.25) is 4.79 Å². The molecule has 0 heterocycles. The first-order chi connectivity index (χ1) is 9.26. The van der Waals surface area contributed by atoms with Crippen LogP contribution in [-0.4, -0.2) is 18.7 Å². The van der Waals surface area contributed by atoms with Gasteiger partial charge in [-0.15, -0.1) is 24.2 Å². The van der Waals surface area contributed by atoms with Crippen molar-refractivity contribution in [3.63, 3.8) is 0 Å². The Labute approximate surface area is 132 Å². The molecule has 1 amide bonds. The molecular formula is C15H25ClN2OS. The van der Waals surface area contributed by atoms with Crippen molar-refractivity contribution in [2.75, 3.05) is 12.8 Å². The van der Waals surface area contributed by atoms with E-state index in [0.717, 1.165) is 37.8 Å². The number of amides is 1. The number of carbonyl (C=O) groups excluding carboxylic acids is 1. The molecule has 0 atom stereocenters. The molecule has 0 radical (unpaired) electrons. The molecule has 0 aliphatic heterocycles. The lowest BCUT2D eigenvalue weighted by Gasteiger charge is -2.06. The number of hydrogen-bond donors (Lipinski definition) is 2. The summed E-state index contributed by atoms with van der Waals surface area (Å²) in [6, 6.07) is 8.29. The minimum Gasteiger partial charge on any atom is -0.352 e. The second-order valence-electron chi connectivity index (χ2n) is 4.58. The SMILES string of the molecule is CSc1ccc(CNC(=O)CCCCCCN)cc1.Cl. The van der Waals surface area contributed by atoms with Gasteiger partial charge in [0.05, 0.1) is 0 Å². The van der Waals surface area contributed by atoms with Crippen molar-refractivity contribution in [2.45, 2.75) is 43.5 Å². The van der Waals surface area contributed by atoms with E-state index in [4.69, 9.17) is 5.73 Å². The number of benzene rings is 1. The molecule has 5 heteroatoms. The van der Waals surface area contributed by atoms with Crippen LogP contribution in [-0.2, 0) is 11.3 Å². The highest BCUT2D eigenvalue weighted by Crippen LogP contribution is 2.14. The summed E-state index contributed by atoms with van der Waals surface area (Å²) in [4.78, 5) is 12.9. The summed E-state index contributed by atoms with van der Waals surface area (Å²) < 4.78 is 0. The highest BCUT2D eigenvalue weighted by molar-refractivity contribution is 7.98. The van der Waals surface area contributed by atoms with E-state index < -0.39 is 0 Å². The number of nitrogens with one attached hydrogen (secondary N) is 1. The molecule has 3 nitrogen and oxygen atoms in total. The number of hydrogen-bond acceptors (Lipinski definition) is 3. The predicted molar refractivity (Wildman–Crippen MR) is 89.5 cm³/mol. The third-order valence-corrected chi connectivity index (χ3v) is 3.75. The number of thioether (sulfide) groups is 1. The van der Waals surface area contributed by atoms with Gasteiger partial charge in [0.15, 0.2) is 0 Å². The summed E-state index contributed by atoms with van der Waals surface area (Å²) in [7, 11) is 0. The van der Waals surface area contributed by atoms with E-state index >= 15 is 0 Å². The van der Waals surface area contributed by atoms with Gasteiger partial charge in [0.1, 0.15) is 0 Å². The van der Waals surface area contributed by atoms with E-state index in [0.29, 0.717) is 13.0 Å². The van der Waals surface area contributed by atoms with E-state index in [2.05, 4.69) is 35.8 Å². The molecule has 0 saturated carbocycles. The molecule has 0 aliphatic rings. The lowest BCUT2D eigenvalue weighted by atomic mass is 10.1. The van der Waals surface area contributed by atoms with E-state index in [1.165, 1.54) is 4.90 Å². The summed E-state index contributed by atoms with van der Waals surface area (Å²) >= 11 is 1.72. The minimum atomic E-state index is 0. The van der Waals surface area contributed by atoms with E-state index in [1.54, 1.807) is 11.8 Å². The fourth-order valence-corrected chi connectivity index (χ4v) is 2.22. The molecule has 0 aromatic heterocycles. The maximum atomic E-state index is 11.6. The Morgan fingerprint density at radius 2 is 1.80 bits per heavy atom. The van der Waals surface area contributed by atoms with Crippen LogP contribution in [0.15, 0.2) is 29.2 Å². The van der Waals surface area contributed by atoms with Crippen LogP contribution in [0.5, 0.6) is 0 Å². The third kappa shape index (κ3) is 8.46. The summed E-state index contributed by atoms with van der Waals surface area (Å²) in [5, 5.41) is 2.96. The topological polar surface area (TPSA) is 55.1 Å². The van der Waals surface area contributed by atoms with Crippen LogP contribution in [0, 0.1) is 0 Å². The van der Waals surface area contributed by atoms with E-state index in [1.807, 2.05) is 0 Å². The first-order valence-electron chi connectivity index (χ1n) is 6.86. The smallest absolute Gasteiger partial charge is 0.220 e. The second-order valence-corrected chi connectivity index (χ2v) is 5.46. The van der Waals surface area contributed by atoms with Crippen LogP contribution in [0.4, 0.5) is 0 Å². The van der Waals surface area contributed by atoms with Crippen molar-refractivity contribution in [2.24, 2.45) is 5.73 Å². The fraction of sp³-hybridized carbons (Fsp3) is 0.533. The zero-order valence-electron chi connectivity index (χ0n) is 12.1. The zero-order valence-corrected chi connectivity index (χ0v) is 13.7. The molecule has 1 rings (SSSR count). The molecule has 0 unspecified atom stereocenters. The normalized spacial score (nSPS) is 9.90. The van der Waals surface area contributed by atoms with Crippen LogP contribution < -0.4 is 11.1 Å². The lowest BCUT2D eigenvalue weighted by Crippen LogP contribution is -2.22. The average molecular weight is 317 g/mol. The molecule has 0 bridgehead atoms. The maximum absolute atomic E-state index is 11.6. The molecule has 1 aromatic rings. The summed E-state index contributed by atoms with van der Waals surface area (Å²) in [5.41, 5.74) is 6.57. The molecule has 0 spiro atoms. The van der Waals surface area contributed by atoms with Gasteiger partial charge in [-0.25, -0.2) is 0 Å². The quantitative estimate of drug-likeness (QED) is 0.542. The van der Waals surface area contributed by atoms with Crippen molar-refractivity contribution in [1.29, 1.82) is 0 Å². The zero-order chi connectivity index (χ0) is 13.9. The Morgan fingerprint density at radius 3 is 2.40 bits per heavy atom. The molecule has 1 aromatic carbocycles. The number of carbonyl (C=O) groups is 1. The highest BCUT2D eigenvalue weighted by Gasteiger charge is 2.01. The third-order valence-electron chi connectivity index (χ3n) is 3.01. The predicted octanol–water partition coefficient (Wildman–Crippen LogP) is 3.36. The van der Waals surface area contributed by atoms with Gasteiger partial charge in [0.25, 0.3) is 0 Å². The Hall–Kier alpha value is -0.710. The van der Waals surface area contributed by atoms with Crippen LogP contribution >= 0.6 is 24.2 Å². The van der Waals surface area contributed by atoms with Crippen molar-refractivity contribution in [1.82, 2.24) is 5.32 Å². The molecular weight excluding hydrogens is 292 g/mol. The summed E-state index contributed by atoms with van der Waals surface area (Å²) in [5.74, 6) is 0.140. The Kier molecular flexibility index (Phi) is 11.6. The summed E-state index contributed by atoms with van der Waals surface area (Å²) in [6.07, 6.45) is 6.91. The number of rotatable bonds is 9. The molecule has 3 N–H and O–H groups in total. The monoisotopic (exact) mass is 316 g/mol. The lowest BCUT2D eigenvalue weighted by molar-refractivity contribution is -0.121. The largest absolute Gasteiger partial charge is 0.352 e. The molecule has 0 fully saturated rings. The van der Waals surface area contributed by atoms with Crippen LogP contribution in [0.25, 0.3) is 0 Å². The Bertz CT molecular complexity index is 371. The first kappa shape index (κ1) is 19.3. The first-order valence-corrected chi connectivity index (χ1v) is 8.08. The average Bonchev–Trinajstić information content (AvgIpc) is 2.45. The van der Waals surface area contributed by atoms with Gasteiger partial charge in [-0.05, 0) is 43.3 Å². The molecule has 114 valence electrons. The Morgan fingerprint density at radius 1 is 1.15 bits per heavy atom. The number of unbranched alkanes of at least 4 members (excludes halogenated alkanes) is 3. The van der Waals surface area contributed by atoms with Crippen molar-refractivity contribution in [3.8, 4) is 0 Å². The van der Waals surface area contributed by atoms with Gasteiger partial charge in [0, 0.05) is 17.9 Å². The van der Waals surface area contributed by atoms with Gasteiger partial charge in [-0.1, -0.05) is 25.0 Å². The number of nitrogens with two attached hydrogens (primary N) is 1. The molecule has 0 aliphatic carbocycles. The van der Waals surface area contributed by atoms with Crippen molar-refractivity contribution >= 4 is 30.1 Å². The van der Waals surface area contributed by atoms with Crippen LogP contribution in [0.3, 0.4) is 0 Å². The maximum Gasteiger partial charge on any atom is 0.220 e. The highest BCUT2D eigenvalue weighted by atomic mass is 35.5. The Balaban J connectivity index is 0.00000361. The van der Waals surface area contributed by atoms with Gasteiger partial charge in [-0.2, -0.15) is 0 Å². The van der Waals surface area contributed by atoms with Crippen molar-refractivity contribution in [3.05, 3.63) is 29.8 Å². The van der Waals surface area contributed by atoms with Crippen LogP contribution in [0.1, 0.15) is 37.7 Å². The fourth-order valence-electron chi connectivity index (χ4n) is 1.82. The van der Waals surface area contributed by atoms with Crippen molar-refractivity contribution < 1.29 is 4.79 Å². The second kappa shape index (κ2) is 12.1. The van der Waals surface area contributed by atoms with E-state index in [-0.39, 0.29) is 18.3 Å². The number of halogens is 1. The minimum absolute atomic E-state index is 0.